The second-order valence-electron chi connectivity index (χ2n) is 4.90. The second-order valence-corrected chi connectivity index (χ2v) is 4.90. The van der Waals surface area contributed by atoms with Crippen LogP contribution < -0.4 is 4.74 Å². The van der Waals surface area contributed by atoms with E-state index in [1.54, 1.807) is 6.07 Å². The van der Waals surface area contributed by atoms with Crippen molar-refractivity contribution in [2.45, 2.75) is 26.7 Å². The van der Waals surface area contributed by atoms with Crippen LogP contribution in [0.2, 0.25) is 0 Å². The molecule has 2 aromatic carbocycles. The fourth-order valence-electron chi connectivity index (χ4n) is 2.01. The van der Waals surface area contributed by atoms with Gasteiger partial charge in [0.2, 0.25) is 0 Å². The molecule has 0 aromatic heterocycles. The number of hydrogen-bond donors (Lipinski definition) is 0. The highest BCUT2D eigenvalue weighted by Crippen LogP contribution is 2.26. The molecular weight excluding hydrogens is 236 g/mol. The SMILES string of the molecule is Cc1ccccc1C(=O)Oc1ccccc1C(C)C. The molecular formula is C17H18O2. The zero-order chi connectivity index (χ0) is 13.8. The molecule has 0 saturated heterocycles. The van der Waals surface area contributed by atoms with Gasteiger partial charge in [0.05, 0.1) is 5.56 Å². The summed E-state index contributed by atoms with van der Waals surface area (Å²) in [5, 5.41) is 0. The molecule has 0 spiro atoms. The number of aryl methyl sites for hydroxylation is 1. The predicted octanol–water partition coefficient (Wildman–Crippen LogP) is 4.34. The van der Waals surface area contributed by atoms with E-state index in [4.69, 9.17) is 4.74 Å². The number of rotatable bonds is 3. The molecule has 0 amide bonds. The third kappa shape index (κ3) is 3.02. The molecule has 2 heteroatoms. The van der Waals surface area contributed by atoms with Crippen LogP contribution in [0.15, 0.2) is 48.5 Å². The average molecular weight is 254 g/mol. The van der Waals surface area contributed by atoms with Crippen LogP contribution in [0.3, 0.4) is 0 Å². The summed E-state index contributed by atoms with van der Waals surface area (Å²) in [6.45, 7) is 6.08. The Hall–Kier alpha value is -2.09. The highest BCUT2D eigenvalue weighted by Gasteiger charge is 2.14. The lowest BCUT2D eigenvalue weighted by Crippen LogP contribution is -2.11. The Morgan fingerprint density at radius 1 is 1.00 bits per heavy atom. The van der Waals surface area contributed by atoms with Gasteiger partial charge >= 0.3 is 5.97 Å². The minimum absolute atomic E-state index is 0.300. The Kier molecular flexibility index (Phi) is 4.00. The maximum atomic E-state index is 12.2. The highest BCUT2D eigenvalue weighted by molar-refractivity contribution is 5.92. The van der Waals surface area contributed by atoms with Crippen LogP contribution in [0.1, 0.15) is 41.3 Å². The minimum Gasteiger partial charge on any atom is -0.423 e. The van der Waals surface area contributed by atoms with Gasteiger partial charge in [-0.3, -0.25) is 0 Å². The van der Waals surface area contributed by atoms with E-state index >= 15 is 0 Å². The third-order valence-corrected chi connectivity index (χ3v) is 3.11. The van der Waals surface area contributed by atoms with E-state index in [-0.39, 0.29) is 5.97 Å². The molecule has 0 N–H and O–H groups in total. The van der Waals surface area contributed by atoms with E-state index in [9.17, 15) is 4.79 Å². The smallest absolute Gasteiger partial charge is 0.343 e. The van der Waals surface area contributed by atoms with Crippen molar-refractivity contribution in [3.63, 3.8) is 0 Å². The lowest BCUT2D eigenvalue weighted by Gasteiger charge is -2.13. The summed E-state index contributed by atoms with van der Waals surface area (Å²) in [5.74, 6) is 0.665. The fraction of sp³-hybridized carbons (Fsp3) is 0.235. The van der Waals surface area contributed by atoms with Crippen LogP contribution in [-0.4, -0.2) is 5.97 Å². The molecule has 0 atom stereocenters. The van der Waals surface area contributed by atoms with Gasteiger partial charge in [-0.15, -0.1) is 0 Å². The largest absolute Gasteiger partial charge is 0.423 e. The predicted molar refractivity (Wildman–Crippen MR) is 76.7 cm³/mol. The van der Waals surface area contributed by atoms with Crippen LogP contribution in [0.4, 0.5) is 0 Å². The minimum atomic E-state index is -0.300. The number of carbonyl (C=O) groups is 1. The third-order valence-electron chi connectivity index (χ3n) is 3.11. The summed E-state index contributed by atoms with van der Waals surface area (Å²) in [5.41, 5.74) is 2.58. The van der Waals surface area contributed by atoms with Gasteiger partial charge in [-0.05, 0) is 36.1 Å². The van der Waals surface area contributed by atoms with Gasteiger partial charge in [0, 0.05) is 0 Å². The second kappa shape index (κ2) is 5.70. The Bertz CT molecular complexity index is 585. The molecule has 2 rings (SSSR count). The first-order chi connectivity index (χ1) is 9.09. The summed E-state index contributed by atoms with van der Waals surface area (Å²) in [6, 6.07) is 15.1. The molecule has 0 aliphatic carbocycles. The number of ether oxygens (including phenoxy) is 1. The van der Waals surface area contributed by atoms with E-state index in [1.165, 1.54) is 0 Å². The molecule has 19 heavy (non-hydrogen) atoms. The van der Waals surface area contributed by atoms with Crippen LogP contribution >= 0.6 is 0 Å². The standard InChI is InChI=1S/C17H18O2/c1-12(2)14-9-6-7-11-16(14)19-17(18)15-10-5-4-8-13(15)3/h4-12H,1-3H3. The van der Waals surface area contributed by atoms with Crippen molar-refractivity contribution >= 4 is 5.97 Å². The molecule has 0 fully saturated rings. The van der Waals surface area contributed by atoms with Gasteiger partial charge < -0.3 is 4.74 Å². The molecule has 2 nitrogen and oxygen atoms in total. The first-order valence-electron chi connectivity index (χ1n) is 6.46. The molecule has 0 saturated carbocycles. The normalized spacial score (nSPS) is 10.5. The molecule has 0 aliphatic heterocycles. The average Bonchev–Trinajstić information content (AvgIpc) is 2.39. The van der Waals surface area contributed by atoms with Crippen molar-refractivity contribution in [2.75, 3.05) is 0 Å². The molecule has 2 aromatic rings. The van der Waals surface area contributed by atoms with Crippen molar-refractivity contribution in [2.24, 2.45) is 0 Å². The van der Waals surface area contributed by atoms with Gasteiger partial charge in [0.15, 0.2) is 0 Å². The van der Waals surface area contributed by atoms with Crippen molar-refractivity contribution < 1.29 is 9.53 Å². The summed E-state index contributed by atoms with van der Waals surface area (Å²) >= 11 is 0. The van der Waals surface area contributed by atoms with E-state index < -0.39 is 0 Å². The maximum absolute atomic E-state index is 12.2. The summed E-state index contributed by atoms with van der Waals surface area (Å²) in [6.07, 6.45) is 0. The Morgan fingerprint density at radius 3 is 2.32 bits per heavy atom. The number of benzene rings is 2. The number of hydrogen-bond acceptors (Lipinski definition) is 2. The Labute approximate surface area is 114 Å². The van der Waals surface area contributed by atoms with Gasteiger partial charge in [-0.2, -0.15) is 0 Å². The zero-order valence-electron chi connectivity index (χ0n) is 11.5. The summed E-state index contributed by atoms with van der Waals surface area (Å²) < 4.78 is 5.53. The van der Waals surface area contributed by atoms with Crippen LogP contribution in [0, 0.1) is 6.92 Å². The maximum Gasteiger partial charge on any atom is 0.343 e. The van der Waals surface area contributed by atoms with Crippen LogP contribution in [0.25, 0.3) is 0 Å². The van der Waals surface area contributed by atoms with Crippen LogP contribution in [-0.2, 0) is 0 Å². The quantitative estimate of drug-likeness (QED) is 0.601. The van der Waals surface area contributed by atoms with Crippen molar-refractivity contribution in [1.29, 1.82) is 0 Å². The van der Waals surface area contributed by atoms with E-state index in [0.29, 0.717) is 17.2 Å². The van der Waals surface area contributed by atoms with Gasteiger partial charge in [0.1, 0.15) is 5.75 Å². The number of esters is 1. The number of carbonyl (C=O) groups excluding carboxylic acids is 1. The molecule has 0 aliphatic rings. The number of para-hydroxylation sites is 1. The summed E-state index contributed by atoms with van der Waals surface area (Å²) in [7, 11) is 0. The topological polar surface area (TPSA) is 26.3 Å². The first-order valence-corrected chi connectivity index (χ1v) is 6.46. The van der Waals surface area contributed by atoms with E-state index in [2.05, 4.69) is 13.8 Å². The molecule has 98 valence electrons. The first kappa shape index (κ1) is 13.3. The Balaban J connectivity index is 2.27. The molecule has 0 radical (unpaired) electrons. The van der Waals surface area contributed by atoms with Gasteiger partial charge in [-0.1, -0.05) is 50.2 Å². The van der Waals surface area contributed by atoms with Crippen LogP contribution in [0.5, 0.6) is 5.75 Å². The Morgan fingerprint density at radius 2 is 1.63 bits per heavy atom. The molecule has 0 unspecified atom stereocenters. The fourth-order valence-corrected chi connectivity index (χ4v) is 2.01. The monoisotopic (exact) mass is 254 g/mol. The zero-order valence-corrected chi connectivity index (χ0v) is 11.5. The highest BCUT2D eigenvalue weighted by atomic mass is 16.5. The van der Waals surface area contributed by atoms with Crippen molar-refractivity contribution in [3.8, 4) is 5.75 Å². The van der Waals surface area contributed by atoms with Gasteiger partial charge in [0.25, 0.3) is 0 Å². The lowest BCUT2D eigenvalue weighted by atomic mass is 10.0. The van der Waals surface area contributed by atoms with Crippen molar-refractivity contribution in [3.05, 3.63) is 65.2 Å². The van der Waals surface area contributed by atoms with E-state index in [1.807, 2.05) is 49.4 Å². The van der Waals surface area contributed by atoms with Crippen molar-refractivity contribution in [1.82, 2.24) is 0 Å². The summed E-state index contributed by atoms with van der Waals surface area (Å²) in [4.78, 5) is 12.2. The molecule has 0 heterocycles. The molecule has 0 bridgehead atoms. The van der Waals surface area contributed by atoms with E-state index in [0.717, 1.165) is 11.1 Å². The van der Waals surface area contributed by atoms with Gasteiger partial charge in [-0.25, -0.2) is 4.79 Å². The lowest BCUT2D eigenvalue weighted by molar-refractivity contribution is 0.0732.